The number of hydrogen-bond acceptors (Lipinski definition) is 2. The van der Waals surface area contributed by atoms with Crippen LogP contribution in [0.2, 0.25) is 0 Å². The molecule has 0 fully saturated rings. The van der Waals surface area contributed by atoms with Crippen molar-refractivity contribution in [2.45, 2.75) is 0 Å². The highest BCUT2D eigenvalue weighted by Gasteiger charge is 2.26. The number of rotatable bonds is 4. The average Bonchev–Trinajstić information content (AvgIpc) is 3.93. The van der Waals surface area contributed by atoms with E-state index in [9.17, 15) is 0 Å². The van der Waals surface area contributed by atoms with Crippen LogP contribution in [-0.4, -0.2) is 19.5 Å². The van der Waals surface area contributed by atoms with Crippen LogP contribution in [0.3, 0.4) is 0 Å². The molecular weight excluding hydrogens is 620 g/mol. The van der Waals surface area contributed by atoms with Crippen molar-refractivity contribution in [3.8, 4) is 39.1 Å². The molecule has 0 radical (unpaired) electrons. The Labute approximate surface area is 289 Å². The molecule has 0 spiro atoms. The van der Waals surface area contributed by atoms with E-state index in [1.54, 1.807) is 0 Å². The Kier molecular flexibility index (Phi) is 7.15. The second kappa shape index (κ2) is 12.1. The van der Waals surface area contributed by atoms with Crippen molar-refractivity contribution in [2.75, 3.05) is 0 Å². The van der Waals surface area contributed by atoms with Crippen molar-refractivity contribution < 1.29 is 0 Å². The third-order valence-electron chi connectivity index (χ3n) is 8.93. The van der Waals surface area contributed by atoms with Crippen LogP contribution in [0.25, 0.3) is 84.4 Å². The number of benzene rings is 4. The molecule has 2 aliphatic rings. The molecule has 0 saturated heterocycles. The first-order chi connectivity index (χ1) is 24.2. The Morgan fingerprint density at radius 2 is 1.00 bits per heavy atom. The van der Waals surface area contributed by atoms with Crippen LogP contribution in [0.15, 0.2) is 152 Å². The van der Waals surface area contributed by atoms with Gasteiger partial charge in [-0.15, -0.1) is 0 Å². The van der Waals surface area contributed by atoms with Crippen LogP contribution >= 0.6 is 11.6 Å². The van der Waals surface area contributed by atoms with E-state index in [-0.39, 0.29) is 0 Å². The van der Waals surface area contributed by atoms with Gasteiger partial charge in [-0.05, 0) is 77.4 Å². The number of nitrogens with zero attached hydrogens (tertiary/aromatic N) is 3. The zero-order valence-electron chi connectivity index (χ0n) is 26.4. The van der Waals surface area contributed by atoms with E-state index in [0.717, 1.165) is 83.9 Å². The lowest BCUT2D eigenvalue weighted by Crippen LogP contribution is -1.97. The molecule has 0 amide bonds. The molecule has 1 N–H and O–H groups in total. The summed E-state index contributed by atoms with van der Waals surface area (Å²) in [4.78, 5) is 13.8. The first kappa shape index (κ1) is 29.0. The maximum Gasteiger partial charge on any atom is 0.0923 e. The lowest BCUT2D eigenvalue weighted by Gasteiger charge is -2.14. The van der Waals surface area contributed by atoms with Crippen molar-refractivity contribution in [3.63, 3.8) is 0 Å². The molecule has 0 saturated carbocycles. The van der Waals surface area contributed by atoms with Gasteiger partial charge in [0, 0.05) is 33.4 Å². The molecule has 0 unspecified atom stereocenters. The zero-order chi connectivity index (χ0) is 32.7. The van der Waals surface area contributed by atoms with E-state index in [4.69, 9.17) is 21.6 Å². The lowest BCUT2D eigenvalue weighted by molar-refractivity contribution is 1.17. The van der Waals surface area contributed by atoms with Gasteiger partial charge in [0.05, 0.1) is 38.8 Å². The Balaban J connectivity index is 1.63. The smallest absolute Gasteiger partial charge is 0.0923 e. The van der Waals surface area contributed by atoms with Gasteiger partial charge in [-0.1, -0.05) is 121 Å². The van der Waals surface area contributed by atoms with Crippen molar-refractivity contribution in [3.05, 3.63) is 174 Å². The number of para-hydroxylation sites is 1. The third-order valence-corrected chi connectivity index (χ3v) is 9.22. The molecule has 2 aliphatic heterocycles. The van der Waals surface area contributed by atoms with Gasteiger partial charge >= 0.3 is 0 Å². The molecule has 0 atom stereocenters. The Morgan fingerprint density at radius 1 is 0.490 bits per heavy atom. The van der Waals surface area contributed by atoms with E-state index in [0.29, 0.717) is 5.03 Å². The van der Waals surface area contributed by atoms with E-state index in [1.807, 2.05) is 18.2 Å². The van der Waals surface area contributed by atoms with Crippen molar-refractivity contribution in [1.82, 2.24) is 19.5 Å². The summed E-state index contributed by atoms with van der Waals surface area (Å²) in [6, 6.07) is 52.7. The van der Waals surface area contributed by atoms with Crippen molar-refractivity contribution in [1.29, 1.82) is 0 Å². The molecule has 5 heteroatoms. The maximum absolute atomic E-state index is 7.25. The number of H-pyrrole nitrogens is 1. The summed E-state index contributed by atoms with van der Waals surface area (Å²) in [6.07, 6.45) is 6.11. The molecule has 8 bridgehead atoms. The molecule has 5 heterocycles. The standard InChI is InChI=1S/C44H29ClN4/c45-38-27-36-26-34-22-21-32(46-34)25-33-23-24-35(47-33)28-39-40(29-13-5-1-6-14-29)41(30-15-7-2-8-16-30)44(49(39)37-19-11-4-12-20-37)42(43(38)48-36)31-17-9-3-10-18-31/h1-28,46H. The normalized spacial score (nSPS) is 12.2. The number of halogens is 1. The molecule has 7 aromatic rings. The zero-order valence-corrected chi connectivity index (χ0v) is 27.1. The molecular formula is C44H29ClN4. The molecule has 49 heavy (non-hydrogen) atoms. The number of aromatic nitrogens is 4. The summed E-state index contributed by atoms with van der Waals surface area (Å²) in [5.74, 6) is 0. The van der Waals surface area contributed by atoms with Crippen LogP contribution in [0.1, 0.15) is 22.8 Å². The summed E-state index contributed by atoms with van der Waals surface area (Å²) in [5, 5.41) is 0.585. The average molecular weight is 649 g/mol. The lowest BCUT2D eigenvalue weighted by atomic mass is 9.93. The first-order valence-corrected chi connectivity index (χ1v) is 16.7. The highest BCUT2D eigenvalue weighted by Crippen LogP contribution is 2.48. The largest absolute Gasteiger partial charge is 0.355 e. The number of aromatic amines is 1. The number of nitrogens with one attached hydrogen (secondary N) is 1. The minimum Gasteiger partial charge on any atom is -0.355 e. The van der Waals surface area contributed by atoms with Gasteiger partial charge in [0.2, 0.25) is 0 Å². The van der Waals surface area contributed by atoms with Crippen LogP contribution < -0.4 is 0 Å². The minimum atomic E-state index is 0.585. The molecule has 4 aromatic carbocycles. The van der Waals surface area contributed by atoms with Gasteiger partial charge < -0.3 is 9.55 Å². The van der Waals surface area contributed by atoms with Crippen molar-refractivity contribution in [2.24, 2.45) is 0 Å². The maximum atomic E-state index is 7.25. The molecule has 232 valence electrons. The van der Waals surface area contributed by atoms with Gasteiger partial charge in [0.25, 0.3) is 0 Å². The fraction of sp³-hybridized carbons (Fsp3) is 0. The molecule has 0 aliphatic carbocycles. The van der Waals surface area contributed by atoms with Crippen LogP contribution in [0.4, 0.5) is 0 Å². The van der Waals surface area contributed by atoms with Crippen molar-refractivity contribution >= 4 is 56.9 Å². The van der Waals surface area contributed by atoms with E-state index in [2.05, 4.69) is 161 Å². The predicted octanol–water partition coefficient (Wildman–Crippen LogP) is 11.7. The van der Waals surface area contributed by atoms with Crippen LogP contribution in [0.5, 0.6) is 0 Å². The Bertz CT molecular complexity index is 2580. The van der Waals surface area contributed by atoms with E-state index >= 15 is 0 Å². The number of hydrogen-bond donors (Lipinski definition) is 1. The number of fused-ring (bicyclic) bond motifs is 8. The van der Waals surface area contributed by atoms with Gasteiger partial charge in [0.15, 0.2) is 0 Å². The predicted molar refractivity (Wildman–Crippen MR) is 205 cm³/mol. The summed E-state index contributed by atoms with van der Waals surface area (Å²) < 4.78 is 2.36. The Hall–Kier alpha value is -6.23. The second-order valence-electron chi connectivity index (χ2n) is 12.1. The second-order valence-corrected chi connectivity index (χ2v) is 12.5. The highest BCUT2D eigenvalue weighted by molar-refractivity contribution is 6.52. The quantitative estimate of drug-likeness (QED) is 0.206. The minimum absolute atomic E-state index is 0.585. The van der Waals surface area contributed by atoms with Gasteiger partial charge in [-0.2, -0.15) is 0 Å². The molecule has 4 nitrogen and oxygen atoms in total. The Morgan fingerprint density at radius 3 is 1.61 bits per heavy atom. The topological polar surface area (TPSA) is 46.5 Å². The van der Waals surface area contributed by atoms with Gasteiger partial charge in [0.1, 0.15) is 0 Å². The molecule has 3 aromatic heterocycles. The van der Waals surface area contributed by atoms with E-state index in [1.165, 1.54) is 0 Å². The van der Waals surface area contributed by atoms with E-state index < -0.39 is 0 Å². The van der Waals surface area contributed by atoms with Crippen LogP contribution in [0, 0.1) is 0 Å². The monoisotopic (exact) mass is 648 g/mol. The summed E-state index contributed by atoms with van der Waals surface area (Å²) >= 11 is 7.25. The summed E-state index contributed by atoms with van der Waals surface area (Å²) in [7, 11) is 0. The SMILES string of the molecule is ClC1=Cc2cc3ccc(cc4nc(cc5c(-c6ccccc6)c(-c6ccccc6)c(c(-c6ccccc6)c1n2)n5-c1ccccc1)C=C4)[nH]3. The van der Waals surface area contributed by atoms with Gasteiger partial charge in [-0.3, -0.25) is 0 Å². The molecule has 9 rings (SSSR count). The van der Waals surface area contributed by atoms with Crippen LogP contribution in [-0.2, 0) is 0 Å². The fourth-order valence-electron chi connectivity index (χ4n) is 6.86. The van der Waals surface area contributed by atoms with Gasteiger partial charge in [-0.25, -0.2) is 9.97 Å². The first-order valence-electron chi connectivity index (χ1n) is 16.3. The fourth-order valence-corrected chi connectivity index (χ4v) is 7.11. The summed E-state index contributed by atoms with van der Waals surface area (Å²) in [6.45, 7) is 0. The third kappa shape index (κ3) is 5.29. The highest BCUT2D eigenvalue weighted by atomic mass is 35.5. The summed E-state index contributed by atoms with van der Waals surface area (Å²) in [5.41, 5.74) is 14.5.